The second-order valence-electron chi connectivity index (χ2n) is 18.0. The summed E-state index contributed by atoms with van der Waals surface area (Å²) in [5.41, 5.74) is -1.88. The molecular weight excluding hydrogens is 580 g/mol. The summed E-state index contributed by atoms with van der Waals surface area (Å²) < 4.78 is 24.9. The van der Waals surface area contributed by atoms with Crippen molar-refractivity contribution in [1.82, 2.24) is 0 Å². The molecule has 45 heavy (non-hydrogen) atoms. The van der Waals surface area contributed by atoms with Crippen molar-refractivity contribution in [2.45, 2.75) is 161 Å². The van der Waals surface area contributed by atoms with Gasteiger partial charge in [-0.2, -0.15) is 0 Å². The Morgan fingerprint density at radius 2 is 1.53 bits per heavy atom. The SMILES string of the molecule is C[C@@H]1C[C@H]([C@H](O)C(C)(C)O)O[C@H]2O[C@H](O)[C@@]3(C)[C@@H]4CC[C@H]5C(C)(C)[C@@H](O[C@@H]6OC[C@@H](O)[C@H](O)[C@H]6O)CC[C@@]56C[C@@]46CC[C@]3(C)[C@H]21. The monoisotopic (exact) mass is 638 g/mol. The molecule has 6 N–H and O–H groups in total. The summed E-state index contributed by atoms with van der Waals surface area (Å²) in [6, 6.07) is 0. The van der Waals surface area contributed by atoms with Crippen molar-refractivity contribution >= 4 is 0 Å². The van der Waals surface area contributed by atoms with Gasteiger partial charge in [-0.3, -0.25) is 0 Å². The molecule has 0 amide bonds. The van der Waals surface area contributed by atoms with Gasteiger partial charge in [-0.05, 0) is 105 Å². The highest BCUT2D eigenvalue weighted by Crippen LogP contribution is 2.88. The molecule has 4 aliphatic carbocycles. The van der Waals surface area contributed by atoms with Gasteiger partial charge in [0, 0.05) is 11.3 Å². The van der Waals surface area contributed by atoms with Crippen molar-refractivity contribution < 1.29 is 49.6 Å². The molecule has 258 valence electrons. The van der Waals surface area contributed by atoms with Crippen LogP contribution in [0.25, 0.3) is 0 Å². The third-order valence-electron chi connectivity index (χ3n) is 15.4. The topological polar surface area (TPSA) is 158 Å². The Bertz CT molecular complexity index is 1160. The number of fused-ring (bicyclic) bond motifs is 4. The summed E-state index contributed by atoms with van der Waals surface area (Å²) in [5, 5.41) is 64.1. The number of aliphatic hydroxyl groups excluding tert-OH is 5. The standard InChI is InChI=1S/C35H58O10/c1-17-14-19(26(39)31(4,5)41)43-27-23(17)32(6)12-13-35-16-34(35)11-10-22(44-28-25(38)24(37)18(36)15-42-28)30(2,3)20(34)8-9-21(35)33(32,7)29(40)45-27/h17-29,36-41H,8-16H2,1-7H3/t17-,18-,19-,20+,21+,22+,23+,24+,25-,26+,27+,28+,29+,32-,33-,34-,35+/m1/s1. The lowest BCUT2D eigenvalue weighted by atomic mass is 9.38. The maximum atomic E-state index is 12.0. The lowest BCUT2D eigenvalue weighted by Crippen LogP contribution is -2.71. The van der Waals surface area contributed by atoms with Gasteiger partial charge in [0.1, 0.15) is 24.4 Å². The number of hydrogen-bond donors (Lipinski definition) is 6. The first-order valence-corrected chi connectivity index (χ1v) is 17.6. The number of rotatable bonds is 4. The largest absolute Gasteiger partial charge is 0.388 e. The molecule has 0 bridgehead atoms. The zero-order chi connectivity index (χ0) is 32.7. The maximum Gasteiger partial charge on any atom is 0.186 e. The molecule has 3 saturated heterocycles. The fraction of sp³-hybridized carbons (Fsp3) is 1.00. The minimum atomic E-state index is -1.30. The van der Waals surface area contributed by atoms with E-state index in [9.17, 15) is 30.6 Å². The van der Waals surface area contributed by atoms with Gasteiger partial charge < -0.3 is 49.6 Å². The smallest absolute Gasteiger partial charge is 0.186 e. The van der Waals surface area contributed by atoms with Gasteiger partial charge in [-0.1, -0.05) is 34.6 Å². The van der Waals surface area contributed by atoms with Gasteiger partial charge in [0.05, 0.1) is 24.4 Å². The molecule has 3 heterocycles. The molecule has 7 rings (SSSR count). The highest BCUT2D eigenvalue weighted by Gasteiger charge is 2.83. The molecule has 2 spiro atoms. The van der Waals surface area contributed by atoms with Crippen LogP contribution in [0.4, 0.5) is 0 Å². The van der Waals surface area contributed by atoms with Gasteiger partial charge >= 0.3 is 0 Å². The van der Waals surface area contributed by atoms with E-state index in [1.807, 2.05) is 0 Å². The Hall–Kier alpha value is -0.400. The van der Waals surface area contributed by atoms with Gasteiger partial charge in [0.2, 0.25) is 0 Å². The molecular formula is C35H58O10. The van der Waals surface area contributed by atoms with Crippen LogP contribution >= 0.6 is 0 Å². The Kier molecular flexibility index (Phi) is 7.59. The van der Waals surface area contributed by atoms with Crippen LogP contribution < -0.4 is 0 Å². The van der Waals surface area contributed by atoms with Crippen LogP contribution in [0.1, 0.15) is 99.8 Å². The van der Waals surface area contributed by atoms with Gasteiger partial charge in [0.15, 0.2) is 18.9 Å². The van der Waals surface area contributed by atoms with Crippen molar-refractivity contribution in [2.75, 3.05) is 6.61 Å². The third-order valence-corrected chi connectivity index (χ3v) is 15.4. The van der Waals surface area contributed by atoms with Crippen LogP contribution in [0, 0.1) is 50.7 Å². The van der Waals surface area contributed by atoms with E-state index in [0.29, 0.717) is 18.3 Å². The average Bonchev–Trinajstić information content (AvgIpc) is 3.63. The molecule has 7 fully saturated rings. The minimum absolute atomic E-state index is 0.0669. The molecule has 10 nitrogen and oxygen atoms in total. The van der Waals surface area contributed by atoms with E-state index < -0.39 is 60.4 Å². The Balaban J connectivity index is 1.13. The zero-order valence-corrected chi connectivity index (χ0v) is 28.2. The molecule has 0 unspecified atom stereocenters. The predicted octanol–water partition coefficient (Wildman–Crippen LogP) is 2.69. The van der Waals surface area contributed by atoms with Crippen LogP contribution in [-0.4, -0.2) is 98.3 Å². The van der Waals surface area contributed by atoms with E-state index in [1.165, 1.54) is 0 Å². The van der Waals surface area contributed by atoms with Crippen molar-refractivity contribution in [2.24, 2.45) is 50.7 Å². The zero-order valence-electron chi connectivity index (χ0n) is 28.2. The number of aliphatic hydroxyl groups is 6. The Morgan fingerprint density at radius 1 is 0.867 bits per heavy atom. The molecule has 0 aromatic carbocycles. The van der Waals surface area contributed by atoms with E-state index >= 15 is 0 Å². The van der Waals surface area contributed by atoms with Gasteiger partial charge in [-0.25, -0.2) is 0 Å². The first-order chi connectivity index (χ1) is 20.8. The summed E-state index contributed by atoms with van der Waals surface area (Å²) in [5.74, 6) is 0.970. The fourth-order valence-corrected chi connectivity index (χ4v) is 12.8. The first kappa shape index (κ1) is 33.1. The fourth-order valence-electron chi connectivity index (χ4n) is 12.8. The molecule has 7 aliphatic rings. The van der Waals surface area contributed by atoms with Crippen LogP contribution in [0.5, 0.6) is 0 Å². The quantitative estimate of drug-likeness (QED) is 0.253. The summed E-state index contributed by atoms with van der Waals surface area (Å²) >= 11 is 0. The van der Waals surface area contributed by atoms with Gasteiger partial charge in [0.25, 0.3) is 0 Å². The van der Waals surface area contributed by atoms with Crippen LogP contribution in [0.3, 0.4) is 0 Å². The summed E-state index contributed by atoms with van der Waals surface area (Å²) in [4.78, 5) is 0. The Labute approximate surface area is 267 Å². The summed E-state index contributed by atoms with van der Waals surface area (Å²) in [6.45, 7) is 14.5. The third kappa shape index (κ3) is 4.29. The second-order valence-corrected chi connectivity index (χ2v) is 18.0. The van der Waals surface area contributed by atoms with Crippen molar-refractivity contribution in [3.63, 3.8) is 0 Å². The van der Waals surface area contributed by atoms with Crippen LogP contribution in [-0.2, 0) is 18.9 Å². The Morgan fingerprint density at radius 3 is 2.22 bits per heavy atom. The highest BCUT2D eigenvalue weighted by molar-refractivity contribution is 5.31. The van der Waals surface area contributed by atoms with Crippen molar-refractivity contribution in [3.8, 4) is 0 Å². The normalized spacial score (nSPS) is 57.8. The lowest BCUT2D eigenvalue weighted by Gasteiger charge is -2.70. The number of hydrogen-bond acceptors (Lipinski definition) is 10. The summed E-state index contributed by atoms with van der Waals surface area (Å²) in [7, 11) is 0. The predicted molar refractivity (Wildman–Crippen MR) is 162 cm³/mol. The average molecular weight is 639 g/mol. The molecule has 10 heteroatoms. The first-order valence-electron chi connectivity index (χ1n) is 17.6. The van der Waals surface area contributed by atoms with E-state index in [1.54, 1.807) is 13.8 Å². The van der Waals surface area contributed by atoms with Crippen LogP contribution in [0.2, 0.25) is 0 Å². The molecule has 3 aliphatic heterocycles. The molecule has 0 aromatic rings. The number of ether oxygens (including phenoxy) is 4. The van der Waals surface area contributed by atoms with Crippen molar-refractivity contribution in [1.29, 1.82) is 0 Å². The van der Waals surface area contributed by atoms with Crippen molar-refractivity contribution in [3.05, 3.63) is 0 Å². The molecule has 0 aromatic heterocycles. The minimum Gasteiger partial charge on any atom is -0.388 e. The molecule has 17 atom stereocenters. The van der Waals surface area contributed by atoms with E-state index in [2.05, 4.69) is 34.6 Å². The molecule has 4 saturated carbocycles. The maximum absolute atomic E-state index is 12.0. The van der Waals surface area contributed by atoms with E-state index in [4.69, 9.17) is 18.9 Å². The van der Waals surface area contributed by atoms with E-state index in [-0.39, 0.29) is 46.2 Å². The molecule has 0 radical (unpaired) electrons. The van der Waals surface area contributed by atoms with Crippen LogP contribution in [0.15, 0.2) is 0 Å². The lowest BCUT2D eigenvalue weighted by molar-refractivity contribution is -0.412. The highest BCUT2D eigenvalue weighted by atomic mass is 16.7. The van der Waals surface area contributed by atoms with Gasteiger partial charge in [-0.15, -0.1) is 0 Å². The summed E-state index contributed by atoms with van der Waals surface area (Å²) in [6.07, 6.45) is -0.343. The van der Waals surface area contributed by atoms with E-state index in [0.717, 1.165) is 44.9 Å². The second kappa shape index (κ2) is 10.3.